The number of halogens is 5. The highest BCUT2D eigenvalue weighted by Gasteiger charge is 2.43. The third-order valence-corrected chi connectivity index (χ3v) is 6.56. The van der Waals surface area contributed by atoms with Crippen molar-refractivity contribution in [3.8, 4) is 17.2 Å². The van der Waals surface area contributed by atoms with Gasteiger partial charge < -0.3 is 9.47 Å². The maximum absolute atomic E-state index is 14.7. The number of alkyl halides is 3. The van der Waals surface area contributed by atoms with Crippen LogP contribution in [-0.4, -0.2) is 36.5 Å². The second-order valence-electron chi connectivity index (χ2n) is 9.17. The normalized spacial score (nSPS) is 15.7. The Balaban J connectivity index is 0.000000617. The molecule has 11 heteroatoms. The molecule has 1 aliphatic carbocycles. The molecule has 1 fully saturated rings. The summed E-state index contributed by atoms with van der Waals surface area (Å²) < 4.78 is 65.4. The molecular weight excluding hydrogens is 540 g/mol. The van der Waals surface area contributed by atoms with Gasteiger partial charge in [0.15, 0.2) is 17.3 Å². The van der Waals surface area contributed by atoms with Gasteiger partial charge in [0.1, 0.15) is 23.9 Å². The van der Waals surface area contributed by atoms with Gasteiger partial charge >= 0.3 is 12.2 Å². The number of allylic oxidation sites excluding steroid dienone is 2. The lowest BCUT2D eigenvalue weighted by Crippen LogP contribution is -2.46. The predicted octanol–water partition coefficient (Wildman–Crippen LogP) is 8.27. The zero-order valence-corrected chi connectivity index (χ0v) is 22.5. The second-order valence-corrected chi connectivity index (χ2v) is 9.58. The summed E-state index contributed by atoms with van der Waals surface area (Å²) >= 11 is 6.10. The molecule has 210 valence electrons. The van der Waals surface area contributed by atoms with Crippen LogP contribution < -0.4 is 14.4 Å². The van der Waals surface area contributed by atoms with Crippen LogP contribution in [0.4, 0.5) is 28.0 Å². The number of ketones is 1. The van der Waals surface area contributed by atoms with Crippen molar-refractivity contribution in [2.24, 2.45) is 5.92 Å². The molecule has 2 aliphatic rings. The lowest BCUT2D eigenvalue weighted by Gasteiger charge is -2.35. The van der Waals surface area contributed by atoms with Crippen LogP contribution in [0.3, 0.4) is 0 Å². The Morgan fingerprint density at radius 3 is 2.31 bits per heavy atom. The van der Waals surface area contributed by atoms with Crippen LogP contribution in [0.15, 0.2) is 60.4 Å². The molecule has 2 amide bonds. The highest BCUT2D eigenvalue weighted by molar-refractivity contribution is 6.32. The number of nitrogens with zero attached hydrogens (tertiary/aromatic N) is 2. The number of hydrogen-bond donors (Lipinski definition) is 0. The van der Waals surface area contributed by atoms with Crippen molar-refractivity contribution in [2.45, 2.75) is 45.7 Å². The molecule has 0 saturated heterocycles. The summed E-state index contributed by atoms with van der Waals surface area (Å²) in [6.07, 6.45) is 1.75. The third kappa shape index (κ3) is 7.32. The Labute approximate surface area is 229 Å². The minimum Gasteiger partial charge on any atom is -0.482 e. The summed E-state index contributed by atoms with van der Waals surface area (Å²) in [5.74, 6) is 0.124. The molecule has 0 aromatic heterocycles. The standard InChI is InChI=1S/C22H17ClF4N2O4.C6H12/c1-12-8-20(22(25,26)27)28(3)21(31)29(12)16-10-19(14(23)9-15(16)24)33-18-7-5-4-6-17(18)32-11-13(2)30;1-2-6-4-3-5-6/h4-10H,1,11H2,2-3H3;6H,2-5H2,1H3. The summed E-state index contributed by atoms with van der Waals surface area (Å²) in [6, 6.07) is 7.03. The van der Waals surface area contributed by atoms with E-state index in [0.717, 1.165) is 25.1 Å². The molecule has 0 bridgehead atoms. The Kier molecular flexibility index (Phi) is 9.66. The molecule has 2 aromatic rings. The van der Waals surface area contributed by atoms with Crippen molar-refractivity contribution in [2.75, 3.05) is 18.6 Å². The van der Waals surface area contributed by atoms with Crippen LogP contribution in [0.2, 0.25) is 5.02 Å². The number of benzene rings is 2. The summed E-state index contributed by atoms with van der Waals surface area (Å²) in [6.45, 7) is 6.86. The van der Waals surface area contributed by atoms with Crippen LogP contribution in [0, 0.1) is 11.7 Å². The van der Waals surface area contributed by atoms with Gasteiger partial charge in [0.25, 0.3) is 0 Å². The monoisotopic (exact) mass is 568 g/mol. The molecule has 0 N–H and O–H groups in total. The van der Waals surface area contributed by atoms with E-state index in [-0.39, 0.29) is 34.7 Å². The van der Waals surface area contributed by atoms with Gasteiger partial charge in [-0.1, -0.05) is 62.9 Å². The molecule has 1 saturated carbocycles. The smallest absolute Gasteiger partial charge is 0.431 e. The van der Waals surface area contributed by atoms with Crippen molar-refractivity contribution in [1.29, 1.82) is 0 Å². The van der Waals surface area contributed by atoms with Gasteiger partial charge in [-0.15, -0.1) is 0 Å². The van der Waals surface area contributed by atoms with E-state index in [4.69, 9.17) is 21.1 Å². The van der Waals surface area contributed by atoms with Crippen LogP contribution >= 0.6 is 11.6 Å². The molecule has 6 nitrogen and oxygen atoms in total. The molecular formula is C28H29ClF4N2O4. The Hall–Kier alpha value is -3.53. The lowest BCUT2D eigenvalue weighted by molar-refractivity contribution is -0.118. The lowest BCUT2D eigenvalue weighted by atomic mass is 9.84. The van der Waals surface area contributed by atoms with Crippen LogP contribution in [0.5, 0.6) is 17.2 Å². The highest BCUT2D eigenvalue weighted by atomic mass is 35.5. The zero-order chi connectivity index (χ0) is 28.9. The van der Waals surface area contributed by atoms with Gasteiger partial charge in [-0.2, -0.15) is 13.2 Å². The Morgan fingerprint density at radius 1 is 1.15 bits per heavy atom. The molecule has 39 heavy (non-hydrogen) atoms. The van der Waals surface area contributed by atoms with Crippen molar-refractivity contribution in [3.63, 3.8) is 0 Å². The minimum atomic E-state index is -4.81. The summed E-state index contributed by atoms with van der Waals surface area (Å²) in [5.41, 5.74) is -2.06. The SMILES string of the molecule is C=C1C=C(C(F)(F)F)N(C)C(=O)N1c1cc(Oc2ccccc2OCC(C)=O)c(Cl)cc1F.CCC1CCC1. The number of rotatable bonds is 7. The average molecular weight is 569 g/mol. The molecule has 2 aromatic carbocycles. The van der Waals surface area contributed by atoms with E-state index in [9.17, 15) is 27.2 Å². The highest BCUT2D eigenvalue weighted by Crippen LogP contribution is 2.41. The molecule has 4 rings (SSSR count). The number of carbonyl (C=O) groups is 2. The van der Waals surface area contributed by atoms with Gasteiger partial charge in [-0.05, 0) is 37.1 Å². The van der Waals surface area contributed by atoms with Crippen LogP contribution in [0.25, 0.3) is 0 Å². The average Bonchev–Trinajstić information content (AvgIpc) is 2.82. The largest absolute Gasteiger partial charge is 0.482 e. The van der Waals surface area contributed by atoms with Gasteiger partial charge in [-0.3, -0.25) is 14.6 Å². The number of carbonyl (C=O) groups excluding carboxylic acids is 2. The Bertz CT molecular complexity index is 1270. The summed E-state index contributed by atoms with van der Waals surface area (Å²) in [5, 5.41) is -0.174. The first kappa shape index (κ1) is 30.0. The van der Waals surface area contributed by atoms with E-state index < -0.39 is 35.1 Å². The van der Waals surface area contributed by atoms with Crippen molar-refractivity contribution in [3.05, 3.63) is 71.3 Å². The topological polar surface area (TPSA) is 59.1 Å². The molecule has 1 aliphatic heterocycles. The number of hydrogen-bond acceptors (Lipinski definition) is 4. The predicted molar refractivity (Wildman–Crippen MR) is 141 cm³/mol. The number of urea groups is 1. The van der Waals surface area contributed by atoms with E-state index >= 15 is 0 Å². The number of ether oxygens (including phenoxy) is 2. The zero-order valence-electron chi connectivity index (χ0n) is 21.8. The molecule has 0 unspecified atom stereocenters. The van der Waals surface area contributed by atoms with Crippen molar-refractivity contribution < 1.29 is 36.6 Å². The summed E-state index contributed by atoms with van der Waals surface area (Å²) in [7, 11) is 0.912. The van der Waals surface area contributed by atoms with Crippen molar-refractivity contribution in [1.82, 2.24) is 4.90 Å². The third-order valence-electron chi connectivity index (χ3n) is 6.26. The first-order valence-electron chi connectivity index (χ1n) is 12.3. The molecule has 1 heterocycles. The first-order valence-corrected chi connectivity index (χ1v) is 12.6. The van der Waals surface area contributed by atoms with Gasteiger partial charge in [0.05, 0.1) is 10.7 Å². The summed E-state index contributed by atoms with van der Waals surface area (Å²) in [4.78, 5) is 24.9. The number of anilines is 1. The van der Waals surface area contributed by atoms with E-state index in [1.807, 2.05) is 0 Å². The van der Waals surface area contributed by atoms with E-state index in [0.29, 0.717) is 15.9 Å². The number of amides is 2. The minimum absolute atomic E-state index is 0.110. The van der Waals surface area contributed by atoms with Crippen LogP contribution in [-0.2, 0) is 4.79 Å². The maximum Gasteiger partial charge on any atom is 0.431 e. The van der Waals surface area contributed by atoms with E-state index in [1.54, 1.807) is 12.1 Å². The molecule has 0 spiro atoms. The fourth-order valence-corrected chi connectivity index (χ4v) is 4.03. The quantitative estimate of drug-likeness (QED) is 0.315. The fraction of sp³-hybridized carbons (Fsp3) is 0.357. The Morgan fingerprint density at radius 2 is 1.79 bits per heavy atom. The van der Waals surface area contributed by atoms with E-state index in [1.165, 1.54) is 44.7 Å². The maximum atomic E-state index is 14.7. The second kappa shape index (κ2) is 12.5. The van der Waals surface area contributed by atoms with Gasteiger partial charge in [-0.25, -0.2) is 9.18 Å². The van der Waals surface area contributed by atoms with Crippen LogP contribution in [0.1, 0.15) is 39.5 Å². The van der Waals surface area contributed by atoms with Gasteiger partial charge in [0, 0.05) is 18.8 Å². The van der Waals surface area contributed by atoms with Crippen molar-refractivity contribution >= 4 is 29.1 Å². The number of Topliss-reactive ketones (excluding diaryl/α,β-unsaturated/α-hetero) is 1. The number of para-hydroxylation sites is 2. The fourth-order valence-electron chi connectivity index (χ4n) is 3.85. The molecule has 0 radical (unpaired) electrons. The first-order chi connectivity index (χ1) is 18.3. The van der Waals surface area contributed by atoms with E-state index in [2.05, 4.69) is 13.5 Å². The van der Waals surface area contributed by atoms with Gasteiger partial charge in [0.2, 0.25) is 0 Å². The molecule has 0 atom stereocenters.